The standard InChI is InChI=1S/C56H84O21S2/c1-10-12-29(2)13-11-16-52(5,58)51-31(4)21-40-39(72-51)27-47-56(9,75-40)50(57)49-43(71-47)25-42-48(73-49)30(3)14-17-54(7)45(70-42)28-44-55(8,77-54)18-15-32-33(69-44)22-35-34(66-32)23-36-37(67-35)24-41-38(68-36)26-46(76-79(62,63)64)53(6,74-41)19-20-65-78(59,60)61/h10-11,13,30,32-51,57-58H,1-2,4,12,14-28H2,3,5-9H3,(H,59,60,61)(H,62,63,64)/b13-11+/t30-,32-,33+,34+,35-,36-,37+,38+,39+,40-,41-,42-,43+,44-,45+,46-,47-,48+,49+,50+,51-,52+,53+,54-,55+,56-/m0/s1. The van der Waals surface area contributed by atoms with Gasteiger partial charge in [-0.3, -0.25) is 9.11 Å². The minimum Gasteiger partial charge on any atom is -0.387 e. The lowest BCUT2D eigenvalue weighted by atomic mass is 9.72. The van der Waals surface area contributed by atoms with Crippen molar-refractivity contribution in [3.8, 4) is 0 Å². The van der Waals surface area contributed by atoms with Crippen LogP contribution in [0.4, 0.5) is 0 Å². The summed E-state index contributed by atoms with van der Waals surface area (Å²) in [4.78, 5) is 0. The summed E-state index contributed by atoms with van der Waals surface area (Å²) in [6, 6.07) is 0. The summed E-state index contributed by atoms with van der Waals surface area (Å²) in [7, 11) is -9.74. The van der Waals surface area contributed by atoms with E-state index in [4.69, 9.17) is 60.8 Å². The van der Waals surface area contributed by atoms with Gasteiger partial charge in [0.25, 0.3) is 0 Å². The van der Waals surface area contributed by atoms with Crippen LogP contribution in [0.5, 0.6) is 0 Å². The summed E-state index contributed by atoms with van der Waals surface area (Å²) in [6.07, 6.45) is 2.66. The number of aliphatic hydroxyl groups excluding tert-OH is 1. The van der Waals surface area contributed by atoms with Crippen molar-refractivity contribution in [3.05, 3.63) is 49.1 Å². The predicted molar refractivity (Wildman–Crippen MR) is 280 cm³/mol. The third-order valence-corrected chi connectivity index (χ3v) is 20.8. The maximum Gasteiger partial charge on any atom is 0.397 e. The lowest BCUT2D eigenvalue weighted by Gasteiger charge is -2.61. The molecule has 0 spiro atoms. The second-order valence-corrected chi connectivity index (χ2v) is 28.1. The summed E-state index contributed by atoms with van der Waals surface area (Å²) in [5.41, 5.74) is -3.45. The van der Waals surface area contributed by atoms with Crippen molar-refractivity contribution >= 4 is 20.8 Å². The van der Waals surface area contributed by atoms with Gasteiger partial charge in [-0.25, -0.2) is 8.37 Å². The zero-order valence-electron chi connectivity index (χ0n) is 46.3. The molecule has 0 aromatic carbocycles. The van der Waals surface area contributed by atoms with E-state index in [0.29, 0.717) is 70.6 Å². The first kappa shape index (κ1) is 58.9. The van der Waals surface area contributed by atoms with Gasteiger partial charge in [0.2, 0.25) is 0 Å². The van der Waals surface area contributed by atoms with Crippen LogP contribution in [0.3, 0.4) is 0 Å². The van der Waals surface area contributed by atoms with Gasteiger partial charge in [0.1, 0.15) is 30.0 Å². The van der Waals surface area contributed by atoms with E-state index in [0.717, 1.165) is 24.0 Å². The van der Waals surface area contributed by atoms with Crippen molar-refractivity contribution in [3.63, 3.8) is 0 Å². The van der Waals surface area contributed by atoms with E-state index in [-0.39, 0.29) is 67.6 Å². The Morgan fingerprint density at radius 1 is 0.696 bits per heavy atom. The molecule has 446 valence electrons. The summed E-state index contributed by atoms with van der Waals surface area (Å²) in [6.45, 7) is 23.3. The van der Waals surface area contributed by atoms with E-state index in [1.165, 1.54) is 6.92 Å². The van der Waals surface area contributed by atoms with Gasteiger partial charge in [0, 0.05) is 51.4 Å². The highest BCUT2D eigenvalue weighted by atomic mass is 32.3. The summed E-state index contributed by atoms with van der Waals surface area (Å²) in [5.74, 6) is 0.0682. The quantitative estimate of drug-likeness (QED) is 0.107. The van der Waals surface area contributed by atoms with Crippen LogP contribution in [0.25, 0.3) is 0 Å². The molecule has 11 fully saturated rings. The fourth-order valence-electron chi connectivity index (χ4n) is 15.5. The van der Waals surface area contributed by atoms with E-state index >= 15 is 0 Å². The van der Waals surface area contributed by atoms with Crippen LogP contribution in [0, 0.1) is 5.92 Å². The molecule has 11 heterocycles. The Morgan fingerprint density at radius 3 is 1.92 bits per heavy atom. The molecule has 0 saturated carbocycles. The average Bonchev–Trinajstić information content (AvgIpc) is 3.64. The number of ether oxygens (including phenoxy) is 11. The number of aliphatic hydroxyl groups is 2. The molecule has 0 radical (unpaired) electrons. The van der Waals surface area contributed by atoms with Gasteiger partial charge in [0.05, 0.1) is 127 Å². The molecule has 11 saturated heterocycles. The average molecular weight is 1160 g/mol. The minimum atomic E-state index is -4.95. The topological polar surface area (TPSA) is 269 Å². The molecule has 11 rings (SSSR count). The van der Waals surface area contributed by atoms with Gasteiger partial charge < -0.3 is 62.3 Å². The normalized spacial score (nSPS) is 50.5. The fourth-order valence-corrected chi connectivity index (χ4v) is 16.4. The predicted octanol–water partition coefficient (Wildman–Crippen LogP) is 5.45. The molecule has 0 amide bonds. The third-order valence-electron chi connectivity index (χ3n) is 19.9. The summed E-state index contributed by atoms with van der Waals surface area (Å²) in [5, 5.41) is 24.1. The molecule has 4 N–H and O–H groups in total. The van der Waals surface area contributed by atoms with Gasteiger partial charge >= 0.3 is 20.8 Å². The first-order valence-corrected chi connectivity index (χ1v) is 31.4. The van der Waals surface area contributed by atoms with E-state index in [1.54, 1.807) is 13.0 Å². The van der Waals surface area contributed by atoms with Crippen LogP contribution in [0.2, 0.25) is 0 Å². The molecule has 79 heavy (non-hydrogen) atoms. The summed E-state index contributed by atoms with van der Waals surface area (Å²) < 4.78 is 151. The van der Waals surface area contributed by atoms with E-state index in [9.17, 15) is 31.6 Å². The van der Waals surface area contributed by atoms with E-state index < -0.39 is 129 Å². The highest BCUT2D eigenvalue weighted by molar-refractivity contribution is 7.81. The Labute approximate surface area is 465 Å². The van der Waals surface area contributed by atoms with Crippen LogP contribution < -0.4 is 0 Å². The molecule has 11 aliphatic heterocycles. The third kappa shape index (κ3) is 11.7. The highest BCUT2D eigenvalue weighted by Gasteiger charge is 2.65. The maximum atomic E-state index is 12.4. The van der Waals surface area contributed by atoms with Crippen LogP contribution in [-0.4, -0.2) is 193 Å². The molecule has 0 aromatic rings. The van der Waals surface area contributed by atoms with E-state index in [2.05, 4.69) is 44.7 Å². The molecular formula is C56H84O21S2. The zero-order chi connectivity index (χ0) is 56.4. The van der Waals surface area contributed by atoms with Gasteiger partial charge in [-0.15, -0.1) is 6.58 Å². The molecule has 0 aliphatic carbocycles. The number of rotatable bonds is 12. The number of fused-ring (bicyclic) bond motifs is 10. The Hall–Kier alpha value is -1.82. The molecule has 0 unspecified atom stereocenters. The lowest BCUT2D eigenvalue weighted by Crippen LogP contribution is -2.74. The van der Waals surface area contributed by atoms with Crippen molar-refractivity contribution in [2.75, 3.05) is 6.61 Å². The van der Waals surface area contributed by atoms with Crippen molar-refractivity contribution in [2.24, 2.45) is 5.92 Å². The van der Waals surface area contributed by atoms with Crippen LogP contribution in [0.15, 0.2) is 49.1 Å². The van der Waals surface area contributed by atoms with Crippen molar-refractivity contribution < 1.29 is 96.6 Å². The Bertz CT molecular complexity index is 2560. The molecule has 21 nitrogen and oxygen atoms in total. The molecule has 26 atom stereocenters. The number of allylic oxidation sites excluding steroid dienone is 3. The van der Waals surface area contributed by atoms with Crippen LogP contribution in [0.1, 0.15) is 138 Å². The van der Waals surface area contributed by atoms with Crippen LogP contribution >= 0.6 is 0 Å². The van der Waals surface area contributed by atoms with Gasteiger partial charge in [-0.2, -0.15) is 16.8 Å². The molecule has 0 bridgehead atoms. The molecular weight excluding hydrogens is 1070 g/mol. The monoisotopic (exact) mass is 1160 g/mol. The second kappa shape index (κ2) is 21.6. The van der Waals surface area contributed by atoms with Gasteiger partial charge in [-0.05, 0) is 91.1 Å². The second-order valence-electron chi connectivity index (χ2n) is 25.9. The number of hydrogen-bond donors (Lipinski definition) is 4. The smallest absolute Gasteiger partial charge is 0.387 e. The zero-order valence-corrected chi connectivity index (χ0v) is 48.0. The highest BCUT2D eigenvalue weighted by Crippen LogP contribution is 2.54. The van der Waals surface area contributed by atoms with Crippen LogP contribution in [-0.2, 0) is 81.3 Å². The van der Waals surface area contributed by atoms with Crippen molar-refractivity contribution in [1.29, 1.82) is 0 Å². The Kier molecular flexibility index (Phi) is 16.1. The first-order chi connectivity index (χ1) is 37.0. The van der Waals surface area contributed by atoms with Crippen molar-refractivity contribution in [1.82, 2.24) is 0 Å². The molecule has 11 aliphatic rings. The SMILES string of the molecule is C=CCC(=C)/C=C/C[C@@](C)(O)[C@H]1O[C@@H]2C[C@@H]3O[C@@H]4C[C@@H]5O[C@@H]6C[C@@H]7O[C@@H]8C[C@@H]9O[C@@H]%10C[C@@H]%11O[C@](C)(CCOS(=O)(=O)O)[C@@H](OS(=O)(=O)O)C[C@H]%11O[C@H]%10C[C@H]9O[C@H]8CC[C@@]7(C)O[C@@]6(C)CC[C@H](C)[C@H]5O[C@H]4[C@@H](O)[C@@]3(C)O[C@H]2CC1=C. The molecule has 23 heteroatoms. The van der Waals surface area contributed by atoms with Gasteiger partial charge in [0.15, 0.2) is 0 Å². The fraction of sp³-hybridized carbons (Fsp3) is 0.857. The largest absolute Gasteiger partial charge is 0.397 e. The lowest BCUT2D eigenvalue weighted by molar-refractivity contribution is -0.369. The maximum absolute atomic E-state index is 12.4. The Balaban J connectivity index is 0.744. The Morgan fingerprint density at radius 2 is 1.27 bits per heavy atom. The first-order valence-electron chi connectivity index (χ1n) is 28.6. The number of hydrogen-bond acceptors (Lipinski definition) is 19. The van der Waals surface area contributed by atoms with Gasteiger partial charge in [-0.1, -0.05) is 43.9 Å². The molecule has 0 aromatic heterocycles. The van der Waals surface area contributed by atoms with E-state index in [1.807, 2.05) is 19.1 Å². The van der Waals surface area contributed by atoms with Crippen molar-refractivity contribution in [2.45, 2.75) is 288 Å². The minimum absolute atomic E-state index is 0.00280. The summed E-state index contributed by atoms with van der Waals surface area (Å²) >= 11 is 0.